The Hall–Kier alpha value is -0.820. The first-order valence-corrected chi connectivity index (χ1v) is 9.12. The first-order chi connectivity index (χ1) is 9.81. The summed E-state index contributed by atoms with van der Waals surface area (Å²) in [7, 11) is 0. The second kappa shape index (κ2) is 6.76. The summed E-state index contributed by atoms with van der Waals surface area (Å²) in [6.45, 7) is 1.84. The van der Waals surface area contributed by atoms with E-state index in [1.807, 2.05) is 4.90 Å². The Bertz CT molecular complexity index is 453. The molecule has 7 heteroatoms. The molecule has 0 atom stereocenters. The standard InChI is InChI=1S/C13H20N4OS2/c18-11(17-7-3-1-2-4-8-17)9-19-13-16-15-12(20-13)14-10-5-6-10/h10H,1-9H2,(H,14,15). The fourth-order valence-electron chi connectivity index (χ4n) is 2.26. The molecule has 1 saturated carbocycles. The Morgan fingerprint density at radius 1 is 1.25 bits per heavy atom. The van der Waals surface area contributed by atoms with E-state index in [-0.39, 0.29) is 5.91 Å². The molecule has 1 aliphatic carbocycles. The minimum Gasteiger partial charge on any atom is -0.357 e. The van der Waals surface area contributed by atoms with Crippen LogP contribution in [0.5, 0.6) is 0 Å². The lowest BCUT2D eigenvalue weighted by molar-refractivity contribution is -0.128. The molecule has 1 aliphatic heterocycles. The zero-order valence-electron chi connectivity index (χ0n) is 11.5. The maximum Gasteiger partial charge on any atom is 0.233 e. The van der Waals surface area contributed by atoms with Gasteiger partial charge in [0, 0.05) is 19.1 Å². The molecule has 3 rings (SSSR count). The van der Waals surface area contributed by atoms with E-state index >= 15 is 0 Å². The van der Waals surface area contributed by atoms with E-state index < -0.39 is 0 Å². The van der Waals surface area contributed by atoms with Crippen molar-refractivity contribution in [2.75, 3.05) is 24.2 Å². The molecule has 0 spiro atoms. The van der Waals surface area contributed by atoms with Gasteiger partial charge in [-0.05, 0) is 25.7 Å². The molecule has 2 heterocycles. The highest BCUT2D eigenvalue weighted by Gasteiger charge is 2.22. The third kappa shape index (κ3) is 4.09. The van der Waals surface area contributed by atoms with E-state index in [1.54, 1.807) is 11.3 Å². The quantitative estimate of drug-likeness (QED) is 0.847. The van der Waals surface area contributed by atoms with Crippen LogP contribution in [0.2, 0.25) is 0 Å². The van der Waals surface area contributed by atoms with Gasteiger partial charge in [-0.2, -0.15) is 0 Å². The molecule has 1 N–H and O–H groups in total. The fraction of sp³-hybridized carbons (Fsp3) is 0.769. The normalized spacial score (nSPS) is 19.7. The number of nitrogens with one attached hydrogen (secondary N) is 1. The summed E-state index contributed by atoms with van der Waals surface area (Å²) in [6.07, 6.45) is 7.26. The topological polar surface area (TPSA) is 58.1 Å². The lowest BCUT2D eigenvalue weighted by Crippen LogP contribution is -2.33. The van der Waals surface area contributed by atoms with Crippen LogP contribution >= 0.6 is 23.1 Å². The number of hydrogen-bond donors (Lipinski definition) is 1. The molecule has 20 heavy (non-hydrogen) atoms. The molecule has 110 valence electrons. The predicted octanol–water partition coefficient (Wildman–Crippen LogP) is 2.61. The number of hydrogen-bond acceptors (Lipinski definition) is 6. The number of thioether (sulfide) groups is 1. The van der Waals surface area contributed by atoms with Gasteiger partial charge in [-0.15, -0.1) is 10.2 Å². The largest absolute Gasteiger partial charge is 0.357 e. The number of likely N-dealkylation sites (tertiary alicyclic amines) is 1. The second-order valence-electron chi connectivity index (χ2n) is 5.38. The van der Waals surface area contributed by atoms with Gasteiger partial charge in [0.15, 0.2) is 4.34 Å². The van der Waals surface area contributed by atoms with Gasteiger partial charge < -0.3 is 10.2 Å². The molecule has 1 aromatic heterocycles. The van der Waals surface area contributed by atoms with Gasteiger partial charge in [0.25, 0.3) is 0 Å². The number of anilines is 1. The van der Waals surface area contributed by atoms with Gasteiger partial charge in [0.2, 0.25) is 11.0 Å². The summed E-state index contributed by atoms with van der Waals surface area (Å²) in [4.78, 5) is 14.2. The zero-order valence-corrected chi connectivity index (χ0v) is 13.1. The molecule has 2 aliphatic rings. The molecule has 0 radical (unpaired) electrons. The summed E-state index contributed by atoms with van der Waals surface area (Å²) in [6, 6.07) is 0.597. The Balaban J connectivity index is 1.45. The van der Waals surface area contributed by atoms with Gasteiger partial charge in [-0.3, -0.25) is 4.79 Å². The van der Waals surface area contributed by atoms with Crippen molar-refractivity contribution >= 4 is 34.1 Å². The maximum absolute atomic E-state index is 12.2. The van der Waals surface area contributed by atoms with Crippen molar-refractivity contribution in [1.82, 2.24) is 15.1 Å². The number of rotatable bonds is 5. The van der Waals surface area contributed by atoms with Gasteiger partial charge >= 0.3 is 0 Å². The fourth-order valence-corrected chi connectivity index (χ4v) is 4.00. The summed E-state index contributed by atoms with van der Waals surface area (Å²) in [5, 5.41) is 12.5. The molecule has 1 amide bonds. The lowest BCUT2D eigenvalue weighted by atomic mass is 10.2. The molecule has 0 aromatic carbocycles. The predicted molar refractivity (Wildman–Crippen MR) is 82.3 cm³/mol. The summed E-state index contributed by atoms with van der Waals surface area (Å²) < 4.78 is 0.885. The summed E-state index contributed by atoms with van der Waals surface area (Å²) >= 11 is 3.06. The summed E-state index contributed by atoms with van der Waals surface area (Å²) in [5.74, 6) is 0.724. The van der Waals surface area contributed by atoms with Crippen LogP contribution in [-0.2, 0) is 4.79 Å². The smallest absolute Gasteiger partial charge is 0.233 e. The van der Waals surface area contributed by atoms with Crippen molar-refractivity contribution < 1.29 is 4.79 Å². The number of aromatic nitrogens is 2. The van der Waals surface area contributed by atoms with E-state index in [0.29, 0.717) is 11.8 Å². The zero-order chi connectivity index (χ0) is 13.8. The van der Waals surface area contributed by atoms with Gasteiger partial charge in [0.1, 0.15) is 0 Å². The van der Waals surface area contributed by atoms with Crippen LogP contribution in [0.4, 0.5) is 5.13 Å². The minimum absolute atomic E-state index is 0.240. The molecule has 1 aromatic rings. The molecule has 0 bridgehead atoms. The van der Waals surface area contributed by atoms with Crippen molar-refractivity contribution in [1.29, 1.82) is 0 Å². The highest BCUT2D eigenvalue weighted by molar-refractivity contribution is 8.01. The van der Waals surface area contributed by atoms with E-state index in [4.69, 9.17) is 0 Å². The Labute approximate surface area is 127 Å². The van der Waals surface area contributed by atoms with Crippen molar-refractivity contribution in [3.63, 3.8) is 0 Å². The SMILES string of the molecule is O=C(CSc1nnc(NC2CC2)s1)N1CCCCCC1. The van der Waals surface area contributed by atoms with Crippen LogP contribution in [0, 0.1) is 0 Å². The number of carbonyl (C=O) groups is 1. The van der Waals surface area contributed by atoms with E-state index in [0.717, 1.165) is 35.4 Å². The Kier molecular flexibility index (Phi) is 4.77. The van der Waals surface area contributed by atoms with E-state index in [9.17, 15) is 4.79 Å². The first-order valence-electron chi connectivity index (χ1n) is 7.32. The summed E-state index contributed by atoms with van der Waals surface area (Å²) in [5.41, 5.74) is 0. The van der Waals surface area contributed by atoms with Crippen LogP contribution in [-0.4, -0.2) is 45.9 Å². The highest BCUT2D eigenvalue weighted by atomic mass is 32.2. The number of nitrogens with zero attached hydrogens (tertiary/aromatic N) is 3. The third-order valence-electron chi connectivity index (χ3n) is 3.59. The molecule has 5 nitrogen and oxygen atoms in total. The third-order valence-corrected chi connectivity index (χ3v) is 5.56. The lowest BCUT2D eigenvalue weighted by Gasteiger charge is -2.19. The number of amides is 1. The van der Waals surface area contributed by atoms with E-state index in [2.05, 4.69) is 15.5 Å². The monoisotopic (exact) mass is 312 g/mol. The average molecular weight is 312 g/mol. The first kappa shape index (κ1) is 14.1. The van der Waals surface area contributed by atoms with Crippen LogP contribution in [0.15, 0.2) is 4.34 Å². The van der Waals surface area contributed by atoms with Crippen molar-refractivity contribution in [2.45, 2.75) is 48.9 Å². The second-order valence-corrected chi connectivity index (χ2v) is 7.58. The van der Waals surface area contributed by atoms with Gasteiger partial charge in [0.05, 0.1) is 5.75 Å². The average Bonchev–Trinajstić information content (AvgIpc) is 3.20. The molecule has 2 fully saturated rings. The van der Waals surface area contributed by atoms with Crippen LogP contribution in [0.25, 0.3) is 0 Å². The van der Waals surface area contributed by atoms with Crippen molar-refractivity contribution in [3.05, 3.63) is 0 Å². The maximum atomic E-state index is 12.2. The van der Waals surface area contributed by atoms with Gasteiger partial charge in [-0.25, -0.2) is 0 Å². The van der Waals surface area contributed by atoms with Crippen LogP contribution < -0.4 is 5.32 Å². The van der Waals surface area contributed by atoms with Crippen molar-refractivity contribution in [2.24, 2.45) is 0 Å². The molecular weight excluding hydrogens is 292 g/mol. The van der Waals surface area contributed by atoms with Crippen LogP contribution in [0.3, 0.4) is 0 Å². The van der Waals surface area contributed by atoms with Gasteiger partial charge in [-0.1, -0.05) is 35.9 Å². The molecule has 1 saturated heterocycles. The van der Waals surface area contributed by atoms with Crippen LogP contribution in [0.1, 0.15) is 38.5 Å². The van der Waals surface area contributed by atoms with E-state index in [1.165, 1.54) is 37.4 Å². The molecular formula is C13H20N4OS2. The Morgan fingerprint density at radius 2 is 2.00 bits per heavy atom. The number of carbonyl (C=O) groups excluding carboxylic acids is 1. The Morgan fingerprint density at radius 3 is 2.70 bits per heavy atom. The highest BCUT2D eigenvalue weighted by Crippen LogP contribution is 2.30. The van der Waals surface area contributed by atoms with Crippen molar-refractivity contribution in [3.8, 4) is 0 Å². The molecule has 0 unspecified atom stereocenters. The minimum atomic E-state index is 0.240.